The monoisotopic (exact) mass is 386 g/mol. The van der Waals surface area contributed by atoms with Crippen molar-refractivity contribution < 1.29 is 13.2 Å². The first kappa shape index (κ1) is 17.9. The van der Waals surface area contributed by atoms with Crippen molar-refractivity contribution >= 4 is 20.9 Å². The molecule has 3 aromatic rings. The number of ether oxygens (including phenoxy) is 1. The zero-order chi connectivity index (χ0) is 19.0. The Bertz CT molecular complexity index is 1070. The number of rotatable bonds is 4. The number of benzene rings is 1. The zero-order valence-electron chi connectivity index (χ0n) is 15.3. The Morgan fingerprint density at radius 3 is 2.52 bits per heavy atom. The molecule has 3 heterocycles. The van der Waals surface area contributed by atoms with Gasteiger partial charge in [0.2, 0.25) is 5.88 Å². The van der Waals surface area contributed by atoms with Crippen LogP contribution in [0.4, 0.5) is 0 Å². The number of fused-ring (bicyclic) bond motifs is 1. The van der Waals surface area contributed by atoms with Crippen molar-refractivity contribution in [3.05, 3.63) is 36.8 Å². The van der Waals surface area contributed by atoms with Crippen molar-refractivity contribution in [2.45, 2.75) is 23.8 Å². The third-order valence-electron chi connectivity index (χ3n) is 4.88. The highest BCUT2D eigenvalue weighted by Gasteiger charge is 2.20. The molecule has 1 aromatic carbocycles. The van der Waals surface area contributed by atoms with Crippen LogP contribution in [0.15, 0.2) is 41.7 Å². The van der Waals surface area contributed by atoms with Crippen molar-refractivity contribution in [3.63, 3.8) is 0 Å². The molecule has 2 aromatic heterocycles. The molecule has 8 heteroatoms. The summed E-state index contributed by atoms with van der Waals surface area (Å²) in [5.41, 5.74) is 3.46. The van der Waals surface area contributed by atoms with Crippen LogP contribution in [0.2, 0.25) is 0 Å². The first-order valence-electron chi connectivity index (χ1n) is 8.91. The first-order valence-corrected chi connectivity index (χ1v) is 10.8. The minimum absolute atomic E-state index is 0.150. The number of sulfone groups is 1. The lowest BCUT2D eigenvalue weighted by Gasteiger charge is -2.23. The highest BCUT2D eigenvalue weighted by atomic mass is 32.2. The molecule has 27 heavy (non-hydrogen) atoms. The average molecular weight is 386 g/mol. The van der Waals surface area contributed by atoms with Crippen molar-refractivity contribution in [3.8, 4) is 17.0 Å². The number of piperidine rings is 1. The molecule has 1 saturated heterocycles. The molecule has 0 amide bonds. The summed E-state index contributed by atoms with van der Waals surface area (Å²) in [6, 6.07) is 6.86. The van der Waals surface area contributed by atoms with E-state index in [1.807, 2.05) is 17.8 Å². The SMILES string of the molecule is Cn1cc(-c2ccc(S(C)(=O)=O)cc2)c2ncnc(OC3CCNCC3)c21. The van der Waals surface area contributed by atoms with Gasteiger partial charge >= 0.3 is 0 Å². The van der Waals surface area contributed by atoms with Gasteiger partial charge in [0.15, 0.2) is 9.84 Å². The van der Waals surface area contributed by atoms with Crippen molar-refractivity contribution in [1.82, 2.24) is 19.9 Å². The second-order valence-electron chi connectivity index (χ2n) is 6.89. The molecular formula is C19H22N4O3S. The molecule has 0 bridgehead atoms. The molecule has 0 unspecified atom stereocenters. The van der Waals surface area contributed by atoms with Gasteiger partial charge in [0.05, 0.1) is 4.90 Å². The van der Waals surface area contributed by atoms with E-state index < -0.39 is 9.84 Å². The molecule has 1 aliphatic heterocycles. The predicted octanol–water partition coefficient (Wildman–Crippen LogP) is 2.17. The molecule has 1 fully saturated rings. The molecule has 1 N–H and O–H groups in total. The van der Waals surface area contributed by atoms with Gasteiger partial charge in [0, 0.05) is 25.1 Å². The third kappa shape index (κ3) is 3.54. The topological polar surface area (TPSA) is 86.1 Å². The fraction of sp³-hybridized carbons (Fsp3) is 0.368. The highest BCUT2D eigenvalue weighted by molar-refractivity contribution is 7.90. The number of aromatic nitrogens is 3. The summed E-state index contributed by atoms with van der Waals surface area (Å²) in [4.78, 5) is 9.12. The van der Waals surface area contributed by atoms with E-state index in [0.29, 0.717) is 10.8 Å². The van der Waals surface area contributed by atoms with Gasteiger partial charge in [-0.05, 0) is 43.6 Å². The van der Waals surface area contributed by atoms with Gasteiger partial charge in [0.1, 0.15) is 23.5 Å². The van der Waals surface area contributed by atoms with E-state index in [0.717, 1.165) is 48.1 Å². The maximum atomic E-state index is 11.7. The molecule has 0 spiro atoms. The maximum Gasteiger partial charge on any atom is 0.242 e. The summed E-state index contributed by atoms with van der Waals surface area (Å²) < 4.78 is 31.5. The third-order valence-corrected chi connectivity index (χ3v) is 6.01. The molecule has 0 radical (unpaired) electrons. The van der Waals surface area contributed by atoms with Gasteiger partial charge in [-0.15, -0.1) is 0 Å². The Morgan fingerprint density at radius 1 is 1.15 bits per heavy atom. The number of hydrogen-bond donors (Lipinski definition) is 1. The number of nitrogens with one attached hydrogen (secondary N) is 1. The van der Waals surface area contributed by atoms with Crippen LogP contribution >= 0.6 is 0 Å². The van der Waals surface area contributed by atoms with E-state index in [2.05, 4.69) is 15.3 Å². The van der Waals surface area contributed by atoms with Crippen molar-refractivity contribution in [2.75, 3.05) is 19.3 Å². The second-order valence-corrected chi connectivity index (χ2v) is 8.91. The van der Waals surface area contributed by atoms with Crippen LogP contribution in [-0.2, 0) is 16.9 Å². The van der Waals surface area contributed by atoms with Crippen molar-refractivity contribution in [2.24, 2.45) is 7.05 Å². The molecule has 0 aliphatic carbocycles. The molecule has 1 aliphatic rings. The summed E-state index contributed by atoms with van der Waals surface area (Å²) in [5, 5.41) is 3.33. The Labute approximate surface area is 158 Å². The van der Waals surface area contributed by atoms with Gasteiger partial charge in [0.25, 0.3) is 0 Å². The predicted molar refractivity (Wildman–Crippen MR) is 104 cm³/mol. The molecule has 0 saturated carbocycles. The summed E-state index contributed by atoms with van der Waals surface area (Å²) in [7, 11) is -1.28. The molecular weight excluding hydrogens is 364 g/mol. The van der Waals surface area contributed by atoms with E-state index in [4.69, 9.17) is 4.74 Å². The molecule has 4 rings (SSSR count). The molecule has 142 valence electrons. The summed E-state index contributed by atoms with van der Waals surface area (Å²) in [6.45, 7) is 1.90. The van der Waals surface area contributed by atoms with Crippen LogP contribution in [0.25, 0.3) is 22.2 Å². The average Bonchev–Trinajstić information content (AvgIpc) is 3.00. The summed E-state index contributed by atoms with van der Waals surface area (Å²) in [6.07, 6.45) is 6.76. The smallest absolute Gasteiger partial charge is 0.242 e. The normalized spacial score (nSPS) is 15.9. The van der Waals surface area contributed by atoms with Gasteiger partial charge in [-0.2, -0.15) is 4.98 Å². The first-order chi connectivity index (χ1) is 12.9. The Balaban J connectivity index is 1.73. The minimum atomic E-state index is -3.22. The highest BCUT2D eigenvalue weighted by Crippen LogP contribution is 2.33. The van der Waals surface area contributed by atoms with E-state index >= 15 is 0 Å². The minimum Gasteiger partial charge on any atom is -0.473 e. The molecule has 7 nitrogen and oxygen atoms in total. The lowest BCUT2D eigenvalue weighted by atomic mass is 10.1. The maximum absolute atomic E-state index is 11.7. The lowest BCUT2D eigenvalue weighted by molar-refractivity contribution is 0.157. The van der Waals surface area contributed by atoms with Crippen LogP contribution in [0.1, 0.15) is 12.8 Å². The fourth-order valence-electron chi connectivity index (χ4n) is 3.45. The second kappa shape index (κ2) is 6.94. The lowest BCUT2D eigenvalue weighted by Crippen LogP contribution is -2.34. The molecule has 0 atom stereocenters. The number of nitrogens with zero attached hydrogens (tertiary/aromatic N) is 3. The van der Waals surface area contributed by atoms with Gasteiger partial charge < -0.3 is 14.6 Å². The van der Waals surface area contributed by atoms with Gasteiger partial charge in [-0.1, -0.05) is 12.1 Å². The van der Waals surface area contributed by atoms with Crippen LogP contribution in [-0.4, -0.2) is 48.4 Å². The van der Waals surface area contributed by atoms with Crippen LogP contribution in [0, 0.1) is 0 Å². The van der Waals surface area contributed by atoms with E-state index in [1.165, 1.54) is 12.6 Å². The largest absolute Gasteiger partial charge is 0.473 e. The number of hydrogen-bond acceptors (Lipinski definition) is 6. The number of aryl methyl sites for hydroxylation is 1. The standard InChI is InChI=1S/C19H22N4O3S/c1-23-11-16(13-3-5-15(6-4-13)27(2,24)25)17-18(23)19(22-12-21-17)26-14-7-9-20-10-8-14/h3-6,11-12,14,20H,7-10H2,1-2H3. The van der Waals surface area contributed by atoms with Gasteiger partial charge in [-0.3, -0.25) is 0 Å². The zero-order valence-corrected chi connectivity index (χ0v) is 16.2. The van der Waals surface area contributed by atoms with Crippen molar-refractivity contribution in [1.29, 1.82) is 0 Å². The van der Waals surface area contributed by atoms with Crippen LogP contribution < -0.4 is 10.1 Å². The Hall–Kier alpha value is -2.45. The quantitative estimate of drug-likeness (QED) is 0.740. The van der Waals surface area contributed by atoms with E-state index in [1.54, 1.807) is 24.3 Å². The van der Waals surface area contributed by atoms with Gasteiger partial charge in [-0.25, -0.2) is 13.4 Å². The van der Waals surface area contributed by atoms with E-state index in [-0.39, 0.29) is 6.10 Å². The summed E-state index contributed by atoms with van der Waals surface area (Å²) in [5.74, 6) is 0.591. The summed E-state index contributed by atoms with van der Waals surface area (Å²) >= 11 is 0. The van der Waals surface area contributed by atoms with Crippen LogP contribution in [0.3, 0.4) is 0 Å². The fourth-order valence-corrected chi connectivity index (χ4v) is 4.08. The van der Waals surface area contributed by atoms with Crippen LogP contribution in [0.5, 0.6) is 5.88 Å². The Kier molecular flexibility index (Phi) is 4.61. The Morgan fingerprint density at radius 2 is 1.85 bits per heavy atom. The van der Waals surface area contributed by atoms with E-state index in [9.17, 15) is 8.42 Å².